The van der Waals surface area contributed by atoms with E-state index in [1.807, 2.05) is 0 Å². The molecule has 0 unspecified atom stereocenters. The van der Waals surface area contributed by atoms with Gasteiger partial charge in [0.1, 0.15) is 4.90 Å². The molecule has 1 fully saturated rings. The number of likely N-dealkylation sites (tertiary alicyclic amines) is 1. The molecule has 2 heterocycles. The van der Waals surface area contributed by atoms with E-state index in [1.54, 1.807) is 7.05 Å². The first-order chi connectivity index (χ1) is 9.58. The van der Waals surface area contributed by atoms with Crippen molar-refractivity contribution in [1.82, 2.24) is 19.4 Å². The molecule has 0 atom stereocenters. The van der Waals surface area contributed by atoms with Gasteiger partial charge in [0.25, 0.3) is 0 Å². The van der Waals surface area contributed by atoms with Crippen molar-refractivity contribution in [3.05, 3.63) is 12.4 Å². The minimum absolute atomic E-state index is 0. The number of rotatable bonds is 6. The van der Waals surface area contributed by atoms with Gasteiger partial charge < -0.3 is 4.90 Å². The molecular weight excluding hydrogens is 312 g/mol. The summed E-state index contributed by atoms with van der Waals surface area (Å²) < 4.78 is 28.1. The average Bonchev–Trinajstić information content (AvgIpc) is 2.70. The molecular formula is C13H25ClN4O2S. The van der Waals surface area contributed by atoms with Crippen LogP contribution in [0.4, 0.5) is 0 Å². The minimum Gasteiger partial charge on any atom is -0.303 e. The van der Waals surface area contributed by atoms with Gasteiger partial charge in [0.05, 0.1) is 6.20 Å². The summed E-state index contributed by atoms with van der Waals surface area (Å²) in [4.78, 5) is 2.67. The molecule has 0 amide bonds. The van der Waals surface area contributed by atoms with Crippen LogP contribution in [-0.4, -0.2) is 49.3 Å². The standard InChI is InChI=1S/C13H24N4O2S.ClH/c1-16-12-13(11-14-16)20(18,19)15-7-6-10-17-8-4-2-3-5-9-17;/h11-12,15H,2-10H2,1H3;1H. The van der Waals surface area contributed by atoms with Gasteiger partial charge in [-0.1, -0.05) is 12.8 Å². The molecule has 0 aliphatic carbocycles. The molecule has 1 aliphatic rings. The van der Waals surface area contributed by atoms with Crippen LogP contribution in [0, 0.1) is 0 Å². The first kappa shape index (κ1) is 18.4. The number of aryl methyl sites for hydroxylation is 1. The van der Waals surface area contributed by atoms with Gasteiger partial charge in [-0.05, 0) is 38.9 Å². The molecule has 21 heavy (non-hydrogen) atoms. The summed E-state index contributed by atoms with van der Waals surface area (Å²) in [5.74, 6) is 0. The Balaban J connectivity index is 0.00000220. The summed E-state index contributed by atoms with van der Waals surface area (Å²) >= 11 is 0. The third-order valence-electron chi connectivity index (χ3n) is 3.63. The summed E-state index contributed by atoms with van der Waals surface area (Å²) in [7, 11) is -1.69. The summed E-state index contributed by atoms with van der Waals surface area (Å²) in [6.45, 7) is 3.74. The van der Waals surface area contributed by atoms with Crippen LogP contribution in [0.1, 0.15) is 32.1 Å². The van der Waals surface area contributed by atoms with Gasteiger partial charge in [0.15, 0.2) is 0 Å². The number of halogens is 1. The lowest BCUT2D eigenvalue weighted by Crippen LogP contribution is -2.30. The second-order valence-electron chi connectivity index (χ2n) is 5.36. The van der Waals surface area contributed by atoms with E-state index in [-0.39, 0.29) is 17.3 Å². The quantitative estimate of drug-likeness (QED) is 0.797. The van der Waals surface area contributed by atoms with E-state index in [1.165, 1.54) is 42.8 Å². The van der Waals surface area contributed by atoms with E-state index in [0.717, 1.165) is 26.1 Å². The fourth-order valence-corrected chi connectivity index (χ4v) is 3.55. The van der Waals surface area contributed by atoms with E-state index in [4.69, 9.17) is 0 Å². The van der Waals surface area contributed by atoms with Gasteiger partial charge in [-0.25, -0.2) is 13.1 Å². The Morgan fingerprint density at radius 1 is 1.24 bits per heavy atom. The Hall–Kier alpha value is -0.630. The van der Waals surface area contributed by atoms with Crippen LogP contribution in [0.2, 0.25) is 0 Å². The fraction of sp³-hybridized carbons (Fsp3) is 0.769. The van der Waals surface area contributed by atoms with Crippen molar-refractivity contribution < 1.29 is 8.42 Å². The second kappa shape index (κ2) is 8.73. The lowest BCUT2D eigenvalue weighted by atomic mass is 10.2. The van der Waals surface area contributed by atoms with E-state index in [0.29, 0.717) is 6.54 Å². The predicted molar refractivity (Wildman–Crippen MR) is 85.2 cm³/mol. The lowest BCUT2D eigenvalue weighted by molar-refractivity contribution is 0.282. The van der Waals surface area contributed by atoms with Crippen LogP contribution in [0.5, 0.6) is 0 Å². The summed E-state index contributed by atoms with van der Waals surface area (Å²) in [5, 5.41) is 3.88. The third-order valence-corrected chi connectivity index (χ3v) is 5.05. The highest BCUT2D eigenvalue weighted by atomic mass is 35.5. The largest absolute Gasteiger partial charge is 0.303 e. The molecule has 0 saturated carbocycles. The van der Waals surface area contributed by atoms with Crippen LogP contribution < -0.4 is 4.72 Å². The molecule has 8 heteroatoms. The van der Waals surface area contributed by atoms with Crippen molar-refractivity contribution in [2.75, 3.05) is 26.2 Å². The molecule has 6 nitrogen and oxygen atoms in total. The van der Waals surface area contributed by atoms with Crippen molar-refractivity contribution in [2.24, 2.45) is 7.05 Å². The maximum Gasteiger partial charge on any atom is 0.243 e. The zero-order valence-corrected chi connectivity index (χ0v) is 14.1. The lowest BCUT2D eigenvalue weighted by Gasteiger charge is -2.19. The number of hydrogen-bond donors (Lipinski definition) is 1. The highest BCUT2D eigenvalue weighted by Gasteiger charge is 2.15. The van der Waals surface area contributed by atoms with Crippen molar-refractivity contribution in [1.29, 1.82) is 0 Å². The molecule has 0 spiro atoms. The van der Waals surface area contributed by atoms with Gasteiger partial charge in [-0.2, -0.15) is 5.10 Å². The first-order valence-corrected chi connectivity index (χ1v) is 8.77. The summed E-state index contributed by atoms with van der Waals surface area (Å²) in [5.41, 5.74) is 0. The minimum atomic E-state index is -3.40. The molecule has 1 aliphatic heterocycles. The highest BCUT2D eigenvalue weighted by molar-refractivity contribution is 7.89. The zero-order chi connectivity index (χ0) is 14.4. The van der Waals surface area contributed by atoms with E-state index in [2.05, 4.69) is 14.7 Å². The van der Waals surface area contributed by atoms with Crippen LogP contribution in [0.25, 0.3) is 0 Å². The Morgan fingerprint density at radius 3 is 2.48 bits per heavy atom. The van der Waals surface area contributed by atoms with Crippen molar-refractivity contribution >= 4 is 22.4 Å². The highest BCUT2D eigenvalue weighted by Crippen LogP contribution is 2.10. The van der Waals surface area contributed by atoms with E-state index >= 15 is 0 Å². The van der Waals surface area contributed by atoms with Crippen LogP contribution >= 0.6 is 12.4 Å². The maximum absolute atomic E-state index is 12.0. The normalized spacial score (nSPS) is 17.2. The maximum atomic E-state index is 12.0. The number of aromatic nitrogens is 2. The van der Waals surface area contributed by atoms with Gasteiger partial charge in [0.2, 0.25) is 10.0 Å². The van der Waals surface area contributed by atoms with Crippen LogP contribution in [0.3, 0.4) is 0 Å². The third kappa shape index (κ3) is 5.94. The van der Waals surface area contributed by atoms with Gasteiger partial charge >= 0.3 is 0 Å². The Bertz CT molecular complexity index is 510. The monoisotopic (exact) mass is 336 g/mol. The topological polar surface area (TPSA) is 67.2 Å². The second-order valence-corrected chi connectivity index (χ2v) is 7.12. The van der Waals surface area contributed by atoms with Gasteiger partial charge in [0, 0.05) is 19.8 Å². The van der Waals surface area contributed by atoms with E-state index < -0.39 is 10.0 Å². The molecule has 1 aromatic heterocycles. The number of nitrogens with one attached hydrogen (secondary N) is 1. The molecule has 1 aromatic rings. The Morgan fingerprint density at radius 2 is 1.90 bits per heavy atom. The van der Waals surface area contributed by atoms with Gasteiger partial charge in [-0.15, -0.1) is 12.4 Å². The van der Waals surface area contributed by atoms with Crippen molar-refractivity contribution in [3.63, 3.8) is 0 Å². The zero-order valence-electron chi connectivity index (χ0n) is 12.5. The molecule has 0 aromatic carbocycles. The molecule has 122 valence electrons. The Labute approximate surface area is 133 Å². The van der Waals surface area contributed by atoms with E-state index in [9.17, 15) is 8.42 Å². The molecule has 2 rings (SSSR count). The molecule has 1 N–H and O–H groups in total. The molecule has 0 bridgehead atoms. The van der Waals surface area contributed by atoms with Crippen molar-refractivity contribution in [2.45, 2.75) is 37.0 Å². The first-order valence-electron chi connectivity index (χ1n) is 7.28. The fourth-order valence-electron chi connectivity index (χ4n) is 2.49. The van der Waals surface area contributed by atoms with Crippen molar-refractivity contribution in [3.8, 4) is 0 Å². The average molecular weight is 337 g/mol. The number of nitrogens with zero attached hydrogens (tertiary/aromatic N) is 3. The summed E-state index contributed by atoms with van der Waals surface area (Å²) in [6.07, 6.45) is 8.91. The number of hydrogen-bond acceptors (Lipinski definition) is 4. The number of sulfonamides is 1. The predicted octanol–water partition coefficient (Wildman–Crippen LogP) is 1.39. The van der Waals surface area contributed by atoms with Crippen LogP contribution in [-0.2, 0) is 17.1 Å². The Kier molecular flexibility index (Phi) is 7.65. The smallest absolute Gasteiger partial charge is 0.243 e. The SMILES string of the molecule is Cl.Cn1cc(S(=O)(=O)NCCCN2CCCCCC2)cn1. The molecule has 0 radical (unpaired) electrons. The molecule has 1 saturated heterocycles. The summed E-state index contributed by atoms with van der Waals surface area (Å²) in [6, 6.07) is 0. The van der Waals surface area contributed by atoms with Gasteiger partial charge in [-0.3, -0.25) is 4.68 Å². The van der Waals surface area contributed by atoms with Crippen LogP contribution in [0.15, 0.2) is 17.3 Å².